The number of aromatic nitrogens is 2. The number of ether oxygens (including phenoxy) is 1. The van der Waals surface area contributed by atoms with Gasteiger partial charge in [-0.2, -0.15) is 13.2 Å². The maximum atomic E-state index is 12.7. The topological polar surface area (TPSA) is 41.5 Å². The third-order valence-electron chi connectivity index (χ3n) is 4.28. The highest BCUT2D eigenvalue weighted by molar-refractivity contribution is 7.15. The van der Waals surface area contributed by atoms with E-state index in [2.05, 4.69) is 15.1 Å². The van der Waals surface area contributed by atoms with Gasteiger partial charge in [0.05, 0.1) is 11.1 Å². The number of rotatable bonds is 5. The summed E-state index contributed by atoms with van der Waals surface area (Å²) in [4.78, 5) is 4.14. The van der Waals surface area contributed by atoms with Gasteiger partial charge in [-0.3, -0.25) is 4.90 Å². The highest BCUT2D eigenvalue weighted by atomic mass is 35.5. The minimum Gasteiger partial charge on any atom is -0.489 e. The third kappa shape index (κ3) is 5.48. The number of nitrogens with zero attached hydrogens (tertiary/aromatic N) is 4. The second kappa shape index (κ2) is 8.84. The van der Waals surface area contributed by atoms with Crippen LogP contribution in [0.3, 0.4) is 0 Å². The summed E-state index contributed by atoms with van der Waals surface area (Å²) in [6.07, 6.45) is -3.56. The molecule has 1 aliphatic heterocycles. The summed E-state index contributed by atoms with van der Waals surface area (Å²) in [7, 11) is 0. The average molecular weight is 435 g/mol. The molecule has 0 N–H and O–H groups in total. The molecule has 0 atom stereocenters. The zero-order valence-corrected chi connectivity index (χ0v) is 17.2. The second-order valence-electron chi connectivity index (χ2n) is 6.94. The standard InChI is InChI=1S/C18H22ClF3N4OS/c1-12(2)27-15-5-4-13(10-14(15)19)11-25-6-3-7-26(9-8-25)17-24-23-16(28-17)18(20,21)22/h4-5,10,12H,3,6-9,11H2,1-2H3. The first-order chi connectivity index (χ1) is 13.2. The van der Waals surface area contributed by atoms with Crippen molar-refractivity contribution in [2.24, 2.45) is 0 Å². The Morgan fingerprint density at radius 3 is 2.61 bits per heavy atom. The molecular formula is C18H22ClF3N4OS. The van der Waals surface area contributed by atoms with Crippen LogP contribution in [0.2, 0.25) is 5.02 Å². The molecule has 2 heterocycles. The van der Waals surface area contributed by atoms with Crippen molar-refractivity contribution in [3.05, 3.63) is 33.8 Å². The van der Waals surface area contributed by atoms with Crippen LogP contribution in [0.4, 0.5) is 18.3 Å². The van der Waals surface area contributed by atoms with Crippen molar-refractivity contribution in [2.45, 2.75) is 39.1 Å². The number of hydrogen-bond donors (Lipinski definition) is 0. The molecular weight excluding hydrogens is 413 g/mol. The zero-order valence-electron chi connectivity index (χ0n) is 15.7. The van der Waals surface area contributed by atoms with Crippen molar-refractivity contribution >= 4 is 28.1 Å². The lowest BCUT2D eigenvalue weighted by Gasteiger charge is -2.21. The fourth-order valence-corrected chi connectivity index (χ4v) is 4.04. The molecule has 1 saturated heterocycles. The number of benzene rings is 1. The van der Waals surface area contributed by atoms with E-state index in [-0.39, 0.29) is 6.10 Å². The summed E-state index contributed by atoms with van der Waals surface area (Å²) in [6, 6.07) is 5.77. The van der Waals surface area contributed by atoms with Gasteiger partial charge in [0.1, 0.15) is 5.75 Å². The van der Waals surface area contributed by atoms with Gasteiger partial charge in [-0.1, -0.05) is 29.0 Å². The van der Waals surface area contributed by atoms with Crippen LogP contribution in [0.25, 0.3) is 0 Å². The molecule has 3 rings (SSSR count). The van der Waals surface area contributed by atoms with Crippen LogP contribution in [0.1, 0.15) is 30.8 Å². The highest BCUT2D eigenvalue weighted by Gasteiger charge is 2.36. The van der Waals surface area contributed by atoms with E-state index in [0.717, 1.165) is 31.6 Å². The molecule has 0 radical (unpaired) electrons. The Balaban J connectivity index is 1.59. The van der Waals surface area contributed by atoms with Gasteiger partial charge in [0.25, 0.3) is 0 Å². The fourth-order valence-electron chi connectivity index (χ4n) is 3.03. The van der Waals surface area contributed by atoms with Crippen LogP contribution in [0.15, 0.2) is 18.2 Å². The second-order valence-corrected chi connectivity index (χ2v) is 8.30. The Morgan fingerprint density at radius 2 is 1.96 bits per heavy atom. The molecule has 0 aliphatic carbocycles. The Kier molecular flexibility index (Phi) is 6.67. The molecule has 1 aromatic heterocycles. The van der Waals surface area contributed by atoms with E-state index in [4.69, 9.17) is 16.3 Å². The highest BCUT2D eigenvalue weighted by Crippen LogP contribution is 2.34. The van der Waals surface area contributed by atoms with Crippen molar-refractivity contribution in [2.75, 3.05) is 31.1 Å². The van der Waals surface area contributed by atoms with Crippen LogP contribution in [-0.4, -0.2) is 47.4 Å². The molecule has 10 heteroatoms. The Labute approximate surface area is 171 Å². The monoisotopic (exact) mass is 434 g/mol. The van der Waals surface area contributed by atoms with E-state index in [1.165, 1.54) is 0 Å². The molecule has 0 spiro atoms. The molecule has 154 valence electrons. The summed E-state index contributed by atoms with van der Waals surface area (Å²) in [5, 5.41) is 7.01. The molecule has 2 aromatic rings. The smallest absolute Gasteiger partial charge is 0.445 e. The molecule has 1 fully saturated rings. The third-order valence-corrected chi connectivity index (χ3v) is 5.61. The predicted molar refractivity (Wildman–Crippen MR) is 104 cm³/mol. The van der Waals surface area contributed by atoms with E-state index in [1.807, 2.05) is 36.9 Å². The van der Waals surface area contributed by atoms with Crippen LogP contribution in [0, 0.1) is 0 Å². The van der Waals surface area contributed by atoms with Crippen molar-refractivity contribution < 1.29 is 17.9 Å². The maximum absolute atomic E-state index is 12.7. The Morgan fingerprint density at radius 1 is 1.18 bits per heavy atom. The van der Waals surface area contributed by atoms with Crippen molar-refractivity contribution in [3.8, 4) is 5.75 Å². The van der Waals surface area contributed by atoms with Crippen molar-refractivity contribution in [3.63, 3.8) is 0 Å². The van der Waals surface area contributed by atoms with Gasteiger partial charge >= 0.3 is 6.18 Å². The summed E-state index contributed by atoms with van der Waals surface area (Å²) < 4.78 is 43.9. The van der Waals surface area contributed by atoms with E-state index in [0.29, 0.717) is 40.3 Å². The molecule has 1 aromatic carbocycles. The number of hydrogen-bond acceptors (Lipinski definition) is 6. The van der Waals surface area contributed by atoms with Gasteiger partial charge in [-0.25, -0.2) is 0 Å². The van der Waals surface area contributed by atoms with E-state index < -0.39 is 11.2 Å². The number of anilines is 1. The van der Waals surface area contributed by atoms with Gasteiger partial charge < -0.3 is 9.64 Å². The molecule has 5 nitrogen and oxygen atoms in total. The minimum atomic E-state index is -4.45. The zero-order chi connectivity index (χ0) is 20.3. The minimum absolute atomic E-state index is 0.0538. The molecule has 1 aliphatic rings. The van der Waals surface area contributed by atoms with Crippen molar-refractivity contribution in [1.82, 2.24) is 15.1 Å². The number of halogens is 4. The lowest BCUT2D eigenvalue weighted by Crippen LogP contribution is -2.30. The largest absolute Gasteiger partial charge is 0.489 e. The van der Waals surface area contributed by atoms with E-state index in [1.54, 1.807) is 0 Å². The average Bonchev–Trinajstić information content (AvgIpc) is 2.99. The first-order valence-electron chi connectivity index (χ1n) is 9.05. The fraction of sp³-hybridized carbons (Fsp3) is 0.556. The van der Waals surface area contributed by atoms with Gasteiger partial charge in [0, 0.05) is 32.7 Å². The first kappa shape index (κ1) is 21.1. The number of alkyl halides is 3. The van der Waals surface area contributed by atoms with Gasteiger partial charge in [-0.15, -0.1) is 10.2 Å². The molecule has 0 amide bonds. The summed E-state index contributed by atoms with van der Waals surface area (Å²) >= 11 is 6.91. The Hall–Kier alpha value is -1.58. The van der Waals surface area contributed by atoms with Crippen LogP contribution < -0.4 is 9.64 Å². The van der Waals surface area contributed by atoms with Gasteiger partial charge in [-0.05, 0) is 38.0 Å². The summed E-state index contributed by atoms with van der Waals surface area (Å²) in [6.45, 7) is 7.46. The quantitative estimate of drug-likeness (QED) is 0.681. The first-order valence-corrected chi connectivity index (χ1v) is 10.2. The van der Waals surface area contributed by atoms with Gasteiger partial charge in [0.15, 0.2) is 0 Å². The SMILES string of the molecule is CC(C)Oc1ccc(CN2CCCN(c3nnc(C(F)(F)F)s3)CC2)cc1Cl. The van der Waals surface area contributed by atoms with E-state index in [9.17, 15) is 13.2 Å². The summed E-state index contributed by atoms with van der Waals surface area (Å²) in [5.74, 6) is 0.666. The molecule has 0 saturated carbocycles. The van der Waals surface area contributed by atoms with Crippen LogP contribution >= 0.6 is 22.9 Å². The lowest BCUT2D eigenvalue weighted by atomic mass is 10.2. The van der Waals surface area contributed by atoms with Gasteiger partial charge in [0.2, 0.25) is 10.1 Å². The molecule has 0 unspecified atom stereocenters. The molecule has 28 heavy (non-hydrogen) atoms. The van der Waals surface area contributed by atoms with E-state index >= 15 is 0 Å². The maximum Gasteiger partial charge on any atom is 0.445 e. The van der Waals surface area contributed by atoms with Crippen molar-refractivity contribution in [1.29, 1.82) is 0 Å². The Bertz CT molecular complexity index is 799. The van der Waals surface area contributed by atoms with Crippen LogP contribution in [-0.2, 0) is 12.7 Å². The normalized spacial score (nSPS) is 16.5. The lowest BCUT2D eigenvalue weighted by molar-refractivity contribution is -0.138. The summed E-state index contributed by atoms with van der Waals surface area (Å²) in [5.41, 5.74) is 1.07. The predicted octanol–water partition coefficient (Wildman–Crippen LogP) is 4.71. The van der Waals surface area contributed by atoms with Crippen LogP contribution in [0.5, 0.6) is 5.75 Å². The molecule has 0 bridgehead atoms.